The van der Waals surface area contributed by atoms with Crippen molar-refractivity contribution >= 4 is 0 Å². The topological polar surface area (TPSA) is 90.2 Å². The second-order valence-electron chi connectivity index (χ2n) is 2.72. The molecule has 4 N–H and O–H groups in total. The van der Waals surface area contributed by atoms with Crippen molar-refractivity contribution < 1.29 is 25.5 Å². The Morgan fingerprint density at radius 2 is 1.38 bits per heavy atom. The number of hydrogen-bond acceptors (Lipinski definition) is 5. The van der Waals surface area contributed by atoms with Crippen LogP contribution in [0.5, 0.6) is 23.0 Å². The molecule has 0 amide bonds. The highest BCUT2D eigenvalue weighted by atomic mass is 17.1. The maximum Gasteiger partial charge on any atom is 0.214 e. The van der Waals surface area contributed by atoms with Crippen molar-refractivity contribution in [2.45, 2.75) is 13.8 Å². The molecule has 0 aliphatic carbocycles. The van der Waals surface area contributed by atoms with E-state index in [1.165, 1.54) is 13.8 Å². The standard InChI is InChI=1S/C8H10O5/c1-3-4(2)8(13-12)7(11)6(10)5(3)9/h9-12H,1-2H3. The lowest BCUT2D eigenvalue weighted by atomic mass is 10.1. The molecule has 0 spiro atoms. The molecule has 1 aromatic carbocycles. The molecule has 1 rings (SSSR count). The molecule has 0 unspecified atom stereocenters. The van der Waals surface area contributed by atoms with Gasteiger partial charge in [0.2, 0.25) is 17.2 Å². The van der Waals surface area contributed by atoms with Gasteiger partial charge in [0.15, 0.2) is 5.75 Å². The number of phenols is 3. The van der Waals surface area contributed by atoms with Gasteiger partial charge in [-0.2, -0.15) is 0 Å². The molecule has 0 saturated carbocycles. The Labute approximate surface area is 74.4 Å². The minimum absolute atomic E-state index is 0.257. The Hall–Kier alpha value is -1.62. The molecule has 13 heavy (non-hydrogen) atoms. The maximum atomic E-state index is 9.24. The first-order valence-corrected chi connectivity index (χ1v) is 3.56. The summed E-state index contributed by atoms with van der Waals surface area (Å²) in [7, 11) is 0. The molecule has 0 saturated heterocycles. The van der Waals surface area contributed by atoms with Crippen molar-refractivity contribution in [3.63, 3.8) is 0 Å². The first kappa shape index (κ1) is 9.47. The predicted molar refractivity (Wildman–Crippen MR) is 44.2 cm³/mol. The lowest BCUT2D eigenvalue weighted by Crippen LogP contribution is -1.92. The zero-order valence-corrected chi connectivity index (χ0v) is 7.20. The molecule has 0 aromatic heterocycles. The summed E-state index contributed by atoms with van der Waals surface area (Å²) >= 11 is 0. The van der Waals surface area contributed by atoms with Crippen LogP contribution in [-0.2, 0) is 0 Å². The van der Waals surface area contributed by atoms with E-state index in [4.69, 9.17) is 10.4 Å². The van der Waals surface area contributed by atoms with Gasteiger partial charge in [0.25, 0.3) is 0 Å². The molecular weight excluding hydrogens is 176 g/mol. The van der Waals surface area contributed by atoms with Gasteiger partial charge in [-0.3, -0.25) is 0 Å². The zero-order valence-electron chi connectivity index (χ0n) is 7.20. The van der Waals surface area contributed by atoms with Crippen LogP contribution in [0.2, 0.25) is 0 Å². The summed E-state index contributed by atoms with van der Waals surface area (Å²) < 4.78 is 0. The maximum absolute atomic E-state index is 9.24. The first-order valence-electron chi connectivity index (χ1n) is 3.56. The van der Waals surface area contributed by atoms with Gasteiger partial charge in [0.1, 0.15) is 0 Å². The third-order valence-electron chi connectivity index (χ3n) is 2.01. The third-order valence-corrected chi connectivity index (χ3v) is 2.01. The van der Waals surface area contributed by atoms with Gasteiger partial charge >= 0.3 is 0 Å². The average molecular weight is 186 g/mol. The third kappa shape index (κ3) is 1.23. The fourth-order valence-corrected chi connectivity index (χ4v) is 1.03. The van der Waals surface area contributed by atoms with Gasteiger partial charge in [0.05, 0.1) is 0 Å². The second-order valence-corrected chi connectivity index (χ2v) is 2.72. The fraction of sp³-hybridized carbons (Fsp3) is 0.250. The highest BCUT2D eigenvalue weighted by Crippen LogP contribution is 2.46. The van der Waals surface area contributed by atoms with Crippen molar-refractivity contribution in [1.82, 2.24) is 0 Å². The van der Waals surface area contributed by atoms with E-state index in [0.29, 0.717) is 11.1 Å². The summed E-state index contributed by atoms with van der Waals surface area (Å²) in [6.45, 7) is 3.05. The summed E-state index contributed by atoms with van der Waals surface area (Å²) in [4.78, 5) is 3.87. The van der Waals surface area contributed by atoms with Crippen LogP contribution in [0, 0.1) is 13.8 Å². The van der Waals surface area contributed by atoms with Gasteiger partial charge in [-0.1, -0.05) is 0 Å². The van der Waals surface area contributed by atoms with Crippen LogP contribution in [-0.4, -0.2) is 20.6 Å². The summed E-state index contributed by atoms with van der Waals surface area (Å²) in [5.74, 6) is -2.06. The number of hydrogen-bond donors (Lipinski definition) is 4. The molecule has 5 heteroatoms. The molecule has 1 aromatic rings. The van der Waals surface area contributed by atoms with Gasteiger partial charge in [-0.15, -0.1) is 0 Å². The van der Waals surface area contributed by atoms with Crippen molar-refractivity contribution in [1.29, 1.82) is 0 Å². The Balaban J connectivity index is 3.56. The number of rotatable bonds is 1. The van der Waals surface area contributed by atoms with Crippen LogP contribution in [0.3, 0.4) is 0 Å². The zero-order chi connectivity index (χ0) is 10.2. The molecule has 72 valence electrons. The van der Waals surface area contributed by atoms with E-state index in [1.54, 1.807) is 0 Å². The molecular formula is C8H10O5. The SMILES string of the molecule is Cc1c(C)c(OO)c(O)c(O)c1O. The largest absolute Gasteiger partial charge is 0.504 e. The van der Waals surface area contributed by atoms with Crippen molar-refractivity contribution in [2.24, 2.45) is 0 Å². The van der Waals surface area contributed by atoms with Gasteiger partial charge < -0.3 is 20.2 Å². The van der Waals surface area contributed by atoms with E-state index in [0.717, 1.165) is 0 Å². The minimum Gasteiger partial charge on any atom is -0.504 e. The van der Waals surface area contributed by atoms with Crippen LogP contribution >= 0.6 is 0 Å². The Morgan fingerprint density at radius 1 is 0.846 bits per heavy atom. The molecule has 0 heterocycles. The summed E-state index contributed by atoms with van der Waals surface area (Å²) in [6, 6.07) is 0. The monoisotopic (exact) mass is 186 g/mol. The lowest BCUT2D eigenvalue weighted by Gasteiger charge is -2.11. The number of phenolic OH excluding ortho intramolecular Hbond substituents is 3. The van der Waals surface area contributed by atoms with Gasteiger partial charge in [-0.25, -0.2) is 5.26 Å². The van der Waals surface area contributed by atoms with Crippen LogP contribution < -0.4 is 4.89 Å². The average Bonchev–Trinajstić information content (AvgIpc) is 2.13. The smallest absolute Gasteiger partial charge is 0.214 e. The highest BCUT2D eigenvalue weighted by molar-refractivity contribution is 5.64. The Kier molecular flexibility index (Phi) is 2.20. The summed E-state index contributed by atoms with van der Waals surface area (Å²) in [5, 5.41) is 35.9. The Bertz CT molecular complexity index is 316. The van der Waals surface area contributed by atoms with Gasteiger partial charge in [0, 0.05) is 11.1 Å². The van der Waals surface area contributed by atoms with Crippen LogP contribution in [0.1, 0.15) is 11.1 Å². The molecule has 0 atom stereocenters. The number of aromatic hydroxyl groups is 3. The predicted octanol–water partition coefficient (Wildman–Crippen LogP) is 1.27. The van der Waals surface area contributed by atoms with Gasteiger partial charge in [-0.05, 0) is 13.8 Å². The first-order chi connectivity index (χ1) is 6.00. The van der Waals surface area contributed by atoms with E-state index in [-0.39, 0.29) is 5.75 Å². The Morgan fingerprint density at radius 3 is 1.85 bits per heavy atom. The van der Waals surface area contributed by atoms with Crippen LogP contribution in [0.25, 0.3) is 0 Å². The van der Waals surface area contributed by atoms with E-state index >= 15 is 0 Å². The number of benzene rings is 1. The fourth-order valence-electron chi connectivity index (χ4n) is 1.03. The lowest BCUT2D eigenvalue weighted by molar-refractivity contribution is -0.139. The van der Waals surface area contributed by atoms with Crippen molar-refractivity contribution in [3.05, 3.63) is 11.1 Å². The van der Waals surface area contributed by atoms with E-state index in [2.05, 4.69) is 4.89 Å². The molecule has 0 fully saturated rings. The molecule has 0 aliphatic heterocycles. The quantitative estimate of drug-likeness (QED) is 0.301. The van der Waals surface area contributed by atoms with Crippen LogP contribution in [0.15, 0.2) is 0 Å². The molecule has 5 nitrogen and oxygen atoms in total. The minimum atomic E-state index is -0.702. The summed E-state index contributed by atoms with van der Waals surface area (Å²) in [6.07, 6.45) is 0. The van der Waals surface area contributed by atoms with Crippen molar-refractivity contribution in [2.75, 3.05) is 0 Å². The van der Waals surface area contributed by atoms with E-state index < -0.39 is 17.2 Å². The highest BCUT2D eigenvalue weighted by Gasteiger charge is 2.19. The molecule has 0 bridgehead atoms. The van der Waals surface area contributed by atoms with E-state index in [9.17, 15) is 10.2 Å². The van der Waals surface area contributed by atoms with Crippen LogP contribution in [0.4, 0.5) is 0 Å². The van der Waals surface area contributed by atoms with E-state index in [1.807, 2.05) is 0 Å². The second kappa shape index (κ2) is 3.02. The molecule has 0 radical (unpaired) electrons. The van der Waals surface area contributed by atoms with Crippen molar-refractivity contribution in [3.8, 4) is 23.0 Å². The normalized spacial score (nSPS) is 10.1. The summed E-state index contributed by atoms with van der Waals surface area (Å²) in [5.41, 5.74) is 0.689. The molecule has 0 aliphatic rings.